The van der Waals surface area contributed by atoms with E-state index in [4.69, 9.17) is 5.11 Å². The van der Waals surface area contributed by atoms with Crippen LogP contribution >= 0.6 is 0 Å². The highest BCUT2D eigenvalue weighted by atomic mass is 19.1. The Morgan fingerprint density at radius 3 is 2.70 bits per heavy atom. The van der Waals surface area contributed by atoms with E-state index >= 15 is 0 Å². The first-order chi connectivity index (χ1) is 9.58. The molecule has 1 aromatic rings. The van der Waals surface area contributed by atoms with Gasteiger partial charge in [0.05, 0.1) is 6.61 Å². The maximum absolute atomic E-state index is 13.2. The number of aryl methyl sites for hydroxylation is 1. The number of hydrogen-bond donors (Lipinski definition) is 2. The van der Waals surface area contributed by atoms with Gasteiger partial charge in [0.15, 0.2) is 0 Å². The monoisotopic (exact) mass is 282 g/mol. The number of hydrogen-bond acceptors (Lipinski definition) is 2. The lowest BCUT2D eigenvalue weighted by molar-refractivity contribution is 0.187. The third-order valence-corrected chi connectivity index (χ3v) is 3.10. The van der Waals surface area contributed by atoms with Crippen LogP contribution < -0.4 is 5.32 Å². The van der Waals surface area contributed by atoms with E-state index < -0.39 is 0 Å². The number of carbonyl (C=O) groups excluding carboxylic acids is 1. The van der Waals surface area contributed by atoms with Gasteiger partial charge in [-0.3, -0.25) is 0 Å². The second kappa shape index (κ2) is 8.53. The van der Waals surface area contributed by atoms with E-state index in [1.165, 1.54) is 12.1 Å². The summed E-state index contributed by atoms with van der Waals surface area (Å²) in [5, 5.41) is 11.7. The van der Waals surface area contributed by atoms with E-state index in [0.29, 0.717) is 24.3 Å². The van der Waals surface area contributed by atoms with Crippen molar-refractivity contribution in [1.29, 1.82) is 0 Å². The molecule has 5 heteroatoms. The fourth-order valence-electron chi connectivity index (χ4n) is 1.91. The number of urea groups is 1. The van der Waals surface area contributed by atoms with E-state index in [2.05, 4.69) is 12.2 Å². The van der Waals surface area contributed by atoms with Crippen molar-refractivity contribution in [2.24, 2.45) is 0 Å². The van der Waals surface area contributed by atoms with Crippen LogP contribution in [0.5, 0.6) is 0 Å². The zero-order chi connectivity index (χ0) is 15.0. The Labute approximate surface area is 119 Å². The smallest absolute Gasteiger partial charge is 0.321 e. The van der Waals surface area contributed by atoms with Gasteiger partial charge in [-0.2, -0.15) is 0 Å². The molecule has 4 nitrogen and oxygen atoms in total. The number of amides is 2. The summed E-state index contributed by atoms with van der Waals surface area (Å²) < 4.78 is 13.2. The van der Waals surface area contributed by atoms with E-state index in [9.17, 15) is 9.18 Å². The predicted octanol–water partition coefficient (Wildman–Crippen LogP) is 3.15. The van der Waals surface area contributed by atoms with Gasteiger partial charge in [-0.1, -0.05) is 19.8 Å². The van der Waals surface area contributed by atoms with Crippen molar-refractivity contribution in [2.75, 3.05) is 25.0 Å². The van der Waals surface area contributed by atoms with Crippen molar-refractivity contribution < 1.29 is 14.3 Å². The Morgan fingerprint density at radius 2 is 2.10 bits per heavy atom. The summed E-state index contributed by atoms with van der Waals surface area (Å²) in [6.45, 7) is 4.59. The molecule has 0 aliphatic heterocycles. The van der Waals surface area contributed by atoms with Gasteiger partial charge in [-0.05, 0) is 37.1 Å². The molecule has 0 bridgehead atoms. The molecule has 0 aliphatic rings. The van der Waals surface area contributed by atoms with Crippen LogP contribution in [0.25, 0.3) is 0 Å². The van der Waals surface area contributed by atoms with Crippen LogP contribution in [-0.4, -0.2) is 35.7 Å². The van der Waals surface area contributed by atoms with Crippen molar-refractivity contribution in [3.05, 3.63) is 29.6 Å². The second-order valence-electron chi connectivity index (χ2n) is 4.81. The number of nitrogens with zero attached hydrogens (tertiary/aromatic N) is 1. The topological polar surface area (TPSA) is 52.6 Å². The van der Waals surface area contributed by atoms with Gasteiger partial charge in [0.2, 0.25) is 0 Å². The minimum Gasteiger partial charge on any atom is -0.395 e. The Balaban J connectivity index is 2.62. The summed E-state index contributed by atoms with van der Waals surface area (Å²) in [4.78, 5) is 13.7. The number of benzene rings is 1. The van der Waals surface area contributed by atoms with Crippen LogP contribution in [0.1, 0.15) is 31.7 Å². The zero-order valence-electron chi connectivity index (χ0n) is 12.2. The van der Waals surface area contributed by atoms with Crippen molar-refractivity contribution in [3.63, 3.8) is 0 Å². The van der Waals surface area contributed by atoms with Gasteiger partial charge < -0.3 is 15.3 Å². The lowest BCUT2D eigenvalue weighted by Crippen LogP contribution is -2.37. The summed E-state index contributed by atoms with van der Waals surface area (Å²) in [6.07, 6.45) is 3.03. The fourth-order valence-corrected chi connectivity index (χ4v) is 1.91. The van der Waals surface area contributed by atoms with Crippen LogP contribution in [0.15, 0.2) is 18.2 Å². The maximum atomic E-state index is 13.2. The van der Waals surface area contributed by atoms with Crippen molar-refractivity contribution in [1.82, 2.24) is 4.90 Å². The summed E-state index contributed by atoms with van der Waals surface area (Å²) >= 11 is 0. The van der Waals surface area contributed by atoms with Crippen LogP contribution in [-0.2, 0) is 0 Å². The highest BCUT2D eigenvalue weighted by Crippen LogP contribution is 2.14. The number of carbonyl (C=O) groups is 1. The number of aliphatic hydroxyl groups is 1. The van der Waals surface area contributed by atoms with Gasteiger partial charge in [-0.15, -0.1) is 0 Å². The first-order valence-electron chi connectivity index (χ1n) is 7.01. The fraction of sp³-hybridized carbons (Fsp3) is 0.533. The number of anilines is 1. The predicted molar refractivity (Wildman–Crippen MR) is 78.3 cm³/mol. The minimum absolute atomic E-state index is 0.0675. The number of halogens is 1. The highest BCUT2D eigenvalue weighted by molar-refractivity contribution is 5.89. The molecule has 0 heterocycles. The van der Waals surface area contributed by atoms with E-state index in [1.54, 1.807) is 17.9 Å². The molecule has 0 aromatic heterocycles. The second-order valence-corrected chi connectivity index (χ2v) is 4.81. The molecule has 0 fully saturated rings. The standard InChI is InChI=1S/C15H23FN2O2/c1-3-4-5-8-18(9-10-19)15(20)17-13-6-7-14(16)12(2)11-13/h6-7,11,19H,3-5,8-10H2,1-2H3,(H,17,20). The molecule has 0 aliphatic carbocycles. The van der Waals surface area contributed by atoms with Gasteiger partial charge in [0, 0.05) is 18.8 Å². The molecule has 112 valence electrons. The molecule has 2 N–H and O–H groups in total. The minimum atomic E-state index is -0.293. The van der Waals surface area contributed by atoms with Gasteiger partial charge in [0.25, 0.3) is 0 Å². The third-order valence-electron chi connectivity index (χ3n) is 3.10. The molecule has 0 saturated carbocycles. The van der Waals surface area contributed by atoms with E-state index in [0.717, 1.165) is 19.3 Å². The molecule has 0 atom stereocenters. The SMILES string of the molecule is CCCCCN(CCO)C(=O)Nc1ccc(F)c(C)c1. The molecule has 0 unspecified atom stereocenters. The van der Waals surface area contributed by atoms with Crippen molar-refractivity contribution >= 4 is 11.7 Å². The summed E-state index contributed by atoms with van der Waals surface area (Å²) in [6, 6.07) is 4.19. The number of rotatable bonds is 7. The normalized spacial score (nSPS) is 10.4. The summed E-state index contributed by atoms with van der Waals surface area (Å²) in [5.74, 6) is -0.293. The Bertz CT molecular complexity index is 438. The van der Waals surface area contributed by atoms with Crippen LogP contribution in [0.2, 0.25) is 0 Å². The molecular formula is C15H23FN2O2. The number of aliphatic hydroxyl groups excluding tert-OH is 1. The maximum Gasteiger partial charge on any atom is 0.321 e. The molecule has 20 heavy (non-hydrogen) atoms. The van der Waals surface area contributed by atoms with Crippen LogP contribution in [0.3, 0.4) is 0 Å². The Hall–Kier alpha value is -1.62. The van der Waals surface area contributed by atoms with Crippen molar-refractivity contribution in [3.8, 4) is 0 Å². The molecule has 2 amide bonds. The Kier molecular flexibility index (Phi) is 7.01. The lowest BCUT2D eigenvalue weighted by atomic mass is 10.2. The average molecular weight is 282 g/mol. The largest absolute Gasteiger partial charge is 0.395 e. The van der Waals surface area contributed by atoms with Crippen LogP contribution in [0, 0.1) is 12.7 Å². The van der Waals surface area contributed by atoms with E-state index in [-0.39, 0.29) is 18.5 Å². The molecular weight excluding hydrogens is 259 g/mol. The lowest BCUT2D eigenvalue weighted by Gasteiger charge is -2.22. The van der Waals surface area contributed by atoms with E-state index in [1.807, 2.05) is 0 Å². The van der Waals surface area contributed by atoms with Gasteiger partial charge in [-0.25, -0.2) is 9.18 Å². The Morgan fingerprint density at radius 1 is 1.35 bits per heavy atom. The first-order valence-corrected chi connectivity index (χ1v) is 7.01. The summed E-state index contributed by atoms with van der Waals surface area (Å²) in [5.41, 5.74) is 1.05. The first kappa shape index (κ1) is 16.4. The highest BCUT2D eigenvalue weighted by Gasteiger charge is 2.13. The molecule has 1 aromatic carbocycles. The summed E-state index contributed by atoms with van der Waals surface area (Å²) in [7, 11) is 0. The molecule has 1 rings (SSSR count). The number of unbranched alkanes of at least 4 members (excludes halogenated alkanes) is 2. The van der Waals surface area contributed by atoms with Gasteiger partial charge >= 0.3 is 6.03 Å². The van der Waals surface area contributed by atoms with Gasteiger partial charge in [0.1, 0.15) is 5.82 Å². The average Bonchev–Trinajstić information content (AvgIpc) is 2.42. The number of nitrogens with one attached hydrogen (secondary N) is 1. The zero-order valence-corrected chi connectivity index (χ0v) is 12.2. The van der Waals surface area contributed by atoms with Crippen molar-refractivity contribution in [2.45, 2.75) is 33.1 Å². The quantitative estimate of drug-likeness (QED) is 0.755. The molecule has 0 spiro atoms. The van der Waals surface area contributed by atoms with Crippen LogP contribution in [0.4, 0.5) is 14.9 Å². The third kappa shape index (κ3) is 5.17. The molecule has 0 saturated heterocycles. The molecule has 0 radical (unpaired) electrons.